The van der Waals surface area contributed by atoms with Crippen LogP contribution in [0.3, 0.4) is 0 Å². The van der Waals surface area contributed by atoms with Gasteiger partial charge in [0.05, 0.1) is 0 Å². The third-order valence-corrected chi connectivity index (χ3v) is 3.82. The number of pyridine rings is 1. The molecule has 1 aliphatic rings. The smallest absolute Gasteiger partial charge is 0.0438 e. The Balaban J connectivity index is 2.40. The normalized spacial score (nSPS) is 20.2. The fraction of sp³-hybridized carbons (Fsp3) is 0.667. The van der Waals surface area contributed by atoms with Crippen molar-refractivity contribution in [2.75, 3.05) is 0 Å². The fourth-order valence-electron chi connectivity index (χ4n) is 2.71. The third-order valence-electron chi connectivity index (χ3n) is 3.82. The van der Waals surface area contributed by atoms with E-state index in [9.17, 15) is 0 Å². The molecule has 0 spiro atoms. The zero-order valence-electron chi connectivity index (χ0n) is 11.0. The predicted molar refractivity (Wildman–Crippen MR) is 68.8 cm³/mol. The summed E-state index contributed by atoms with van der Waals surface area (Å²) >= 11 is 0. The molecule has 1 aromatic rings. The Kier molecular flexibility index (Phi) is 3.32. The molecule has 16 heavy (non-hydrogen) atoms. The van der Waals surface area contributed by atoms with E-state index < -0.39 is 0 Å². The highest BCUT2D eigenvalue weighted by Crippen LogP contribution is 2.36. The van der Waals surface area contributed by atoms with Gasteiger partial charge in [0.15, 0.2) is 0 Å². The van der Waals surface area contributed by atoms with E-state index >= 15 is 0 Å². The van der Waals surface area contributed by atoms with Crippen molar-refractivity contribution >= 4 is 0 Å². The van der Waals surface area contributed by atoms with Gasteiger partial charge in [-0.3, -0.25) is 4.98 Å². The number of rotatable bonds is 2. The standard InChI is InChI=1S/C15H23N/c1-10(2)12-8-14-13(11(3)4)6-5-7-15(14)16-9-12/h8-11,13H,5-7H2,1-4H3. The number of hydrogen-bond acceptors (Lipinski definition) is 1. The lowest BCUT2D eigenvalue weighted by Crippen LogP contribution is -2.16. The maximum absolute atomic E-state index is 4.67. The summed E-state index contributed by atoms with van der Waals surface area (Å²) < 4.78 is 0. The summed E-state index contributed by atoms with van der Waals surface area (Å²) in [5.41, 5.74) is 4.29. The molecule has 1 nitrogen and oxygen atoms in total. The summed E-state index contributed by atoms with van der Waals surface area (Å²) in [6, 6.07) is 2.41. The topological polar surface area (TPSA) is 12.9 Å². The molecule has 0 amide bonds. The van der Waals surface area contributed by atoms with Gasteiger partial charge in [-0.2, -0.15) is 0 Å². The molecular weight excluding hydrogens is 194 g/mol. The molecule has 0 saturated carbocycles. The van der Waals surface area contributed by atoms with Crippen LogP contribution >= 0.6 is 0 Å². The van der Waals surface area contributed by atoms with E-state index in [4.69, 9.17) is 0 Å². The molecule has 0 saturated heterocycles. The zero-order valence-corrected chi connectivity index (χ0v) is 11.0. The van der Waals surface area contributed by atoms with Crippen LogP contribution in [0.25, 0.3) is 0 Å². The van der Waals surface area contributed by atoms with Gasteiger partial charge >= 0.3 is 0 Å². The van der Waals surface area contributed by atoms with Gasteiger partial charge in [0.2, 0.25) is 0 Å². The summed E-state index contributed by atoms with van der Waals surface area (Å²) in [7, 11) is 0. The van der Waals surface area contributed by atoms with Crippen molar-refractivity contribution in [3.8, 4) is 0 Å². The van der Waals surface area contributed by atoms with Gasteiger partial charge in [-0.15, -0.1) is 0 Å². The Morgan fingerprint density at radius 1 is 1.25 bits per heavy atom. The molecule has 0 N–H and O–H groups in total. The van der Waals surface area contributed by atoms with Crippen molar-refractivity contribution in [2.45, 2.75) is 58.8 Å². The van der Waals surface area contributed by atoms with Crippen LogP contribution in [0, 0.1) is 5.92 Å². The first kappa shape index (κ1) is 11.6. The number of nitrogens with zero attached hydrogens (tertiary/aromatic N) is 1. The van der Waals surface area contributed by atoms with Crippen molar-refractivity contribution in [3.05, 3.63) is 29.1 Å². The molecule has 0 aliphatic heterocycles. The molecule has 1 aliphatic carbocycles. The van der Waals surface area contributed by atoms with Gasteiger partial charge in [0.25, 0.3) is 0 Å². The van der Waals surface area contributed by atoms with Crippen LogP contribution in [0.1, 0.15) is 69.2 Å². The molecule has 0 aromatic carbocycles. The second-order valence-corrected chi connectivity index (χ2v) is 5.70. The van der Waals surface area contributed by atoms with Crippen molar-refractivity contribution in [1.29, 1.82) is 0 Å². The van der Waals surface area contributed by atoms with Crippen molar-refractivity contribution in [3.63, 3.8) is 0 Å². The van der Waals surface area contributed by atoms with Crippen LogP contribution < -0.4 is 0 Å². The molecule has 1 heterocycles. The number of fused-ring (bicyclic) bond motifs is 1. The summed E-state index contributed by atoms with van der Waals surface area (Å²) in [5.74, 6) is 2.06. The minimum atomic E-state index is 0.590. The minimum absolute atomic E-state index is 0.590. The Labute approximate surface area is 99.3 Å². The molecule has 1 atom stereocenters. The fourth-order valence-corrected chi connectivity index (χ4v) is 2.71. The third kappa shape index (κ3) is 2.14. The first-order valence-corrected chi connectivity index (χ1v) is 6.58. The Morgan fingerprint density at radius 3 is 2.62 bits per heavy atom. The van der Waals surface area contributed by atoms with E-state index in [1.54, 1.807) is 0 Å². The van der Waals surface area contributed by atoms with Crippen LogP contribution in [-0.2, 0) is 6.42 Å². The first-order chi connectivity index (χ1) is 7.59. The van der Waals surface area contributed by atoms with Gasteiger partial charge in [0, 0.05) is 11.9 Å². The Morgan fingerprint density at radius 2 is 2.00 bits per heavy atom. The molecule has 1 aromatic heterocycles. The van der Waals surface area contributed by atoms with E-state index in [0.29, 0.717) is 5.92 Å². The van der Waals surface area contributed by atoms with Crippen LogP contribution in [0.5, 0.6) is 0 Å². The van der Waals surface area contributed by atoms with Crippen LogP contribution in [0.15, 0.2) is 12.3 Å². The molecular formula is C15H23N. The van der Waals surface area contributed by atoms with Crippen LogP contribution in [0.4, 0.5) is 0 Å². The summed E-state index contributed by atoms with van der Waals surface area (Å²) in [6.45, 7) is 9.16. The summed E-state index contributed by atoms with van der Waals surface area (Å²) in [6.07, 6.45) is 5.90. The van der Waals surface area contributed by atoms with Gasteiger partial charge in [-0.05, 0) is 48.1 Å². The molecule has 88 valence electrons. The van der Waals surface area contributed by atoms with Crippen molar-refractivity contribution in [1.82, 2.24) is 4.98 Å². The second kappa shape index (κ2) is 4.57. The van der Waals surface area contributed by atoms with Gasteiger partial charge in [-0.1, -0.05) is 33.8 Å². The average molecular weight is 217 g/mol. The van der Waals surface area contributed by atoms with Crippen molar-refractivity contribution in [2.24, 2.45) is 5.92 Å². The number of hydrogen-bond donors (Lipinski definition) is 0. The van der Waals surface area contributed by atoms with Gasteiger partial charge < -0.3 is 0 Å². The molecule has 1 heteroatoms. The molecule has 0 bridgehead atoms. The highest BCUT2D eigenvalue weighted by molar-refractivity contribution is 5.32. The van der Waals surface area contributed by atoms with E-state index in [-0.39, 0.29) is 0 Å². The summed E-state index contributed by atoms with van der Waals surface area (Å²) in [5, 5.41) is 0. The second-order valence-electron chi connectivity index (χ2n) is 5.70. The maximum Gasteiger partial charge on any atom is 0.0438 e. The van der Waals surface area contributed by atoms with Crippen LogP contribution in [0.2, 0.25) is 0 Å². The Bertz CT molecular complexity index is 366. The molecule has 1 unspecified atom stereocenters. The summed E-state index contributed by atoms with van der Waals surface area (Å²) in [4.78, 5) is 4.67. The SMILES string of the molecule is CC(C)c1cnc2c(c1)C(C(C)C)CCC2. The van der Waals surface area contributed by atoms with E-state index in [2.05, 4.69) is 44.9 Å². The average Bonchev–Trinajstić information content (AvgIpc) is 2.27. The first-order valence-electron chi connectivity index (χ1n) is 6.58. The quantitative estimate of drug-likeness (QED) is 0.720. The van der Waals surface area contributed by atoms with Crippen LogP contribution in [-0.4, -0.2) is 4.98 Å². The van der Waals surface area contributed by atoms with Gasteiger partial charge in [-0.25, -0.2) is 0 Å². The maximum atomic E-state index is 4.67. The van der Waals surface area contributed by atoms with Gasteiger partial charge in [0.1, 0.15) is 0 Å². The lowest BCUT2D eigenvalue weighted by Gasteiger charge is -2.28. The molecule has 0 fully saturated rings. The minimum Gasteiger partial charge on any atom is -0.261 e. The lowest BCUT2D eigenvalue weighted by molar-refractivity contribution is 0.428. The zero-order chi connectivity index (χ0) is 11.7. The van der Waals surface area contributed by atoms with Crippen molar-refractivity contribution < 1.29 is 0 Å². The largest absolute Gasteiger partial charge is 0.261 e. The number of aryl methyl sites for hydroxylation is 1. The highest BCUT2D eigenvalue weighted by Gasteiger charge is 2.24. The highest BCUT2D eigenvalue weighted by atomic mass is 14.7. The van der Waals surface area contributed by atoms with E-state index in [1.165, 1.54) is 36.1 Å². The van der Waals surface area contributed by atoms with E-state index in [1.807, 2.05) is 0 Å². The predicted octanol–water partition coefficient (Wildman–Crippen LogP) is 4.28. The molecule has 2 rings (SSSR count). The monoisotopic (exact) mass is 217 g/mol. The lowest BCUT2D eigenvalue weighted by atomic mass is 9.78. The van der Waals surface area contributed by atoms with E-state index in [0.717, 1.165) is 11.8 Å². The molecule has 0 radical (unpaired) electrons. The Hall–Kier alpha value is -0.850. The number of aromatic nitrogens is 1.